The SMILES string of the molecule is O=C(O)c1cnccc1NCCOCC1CC1. The first-order valence-electron chi connectivity index (χ1n) is 5.76. The fraction of sp³-hybridized carbons (Fsp3) is 0.500. The average Bonchev–Trinajstić information content (AvgIpc) is 3.13. The van der Waals surface area contributed by atoms with Crippen LogP contribution >= 0.6 is 0 Å². The molecule has 1 aromatic rings. The number of nitrogens with zero attached hydrogens (tertiary/aromatic N) is 1. The van der Waals surface area contributed by atoms with E-state index in [1.807, 2.05) is 0 Å². The van der Waals surface area contributed by atoms with Gasteiger partial charge in [0.05, 0.1) is 12.3 Å². The highest BCUT2D eigenvalue weighted by atomic mass is 16.5. The lowest BCUT2D eigenvalue weighted by atomic mass is 10.2. The first-order valence-corrected chi connectivity index (χ1v) is 5.76. The van der Waals surface area contributed by atoms with Gasteiger partial charge in [-0.2, -0.15) is 0 Å². The number of ether oxygens (including phenoxy) is 1. The van der Waals surface area contributed by atoms with E-state index >= 15 is 0 Å². The fourth-order valence-electron chi connectivity index (χ4n) is 1.51. The van der Waals surface area contributed by atoms with Crippen molar-refractivity contribution in [2.45, 2.75) is 12.8 Å². The molecule has 1 aromatic heterocycles. The monoisotopic (exact) mass is 236 g/mol. The van der Waals surface area contributed by atoms with Crippen molar-refractivity contribution in [3.8, 4) is 0 Å². The number of nitrogens with one attached hydrogen (secondary N) is 1. The molecule has 0 aromatic carbocycles. The molecule has 0 radical (unpaired) electrons. The second-order valence-corrected chi connectivity index (χ2v) is 4.17. The van der Waals surface area contributed by atoms with Gasteiger partial charge >= 0.3 is 5.97 Å². The maximum atomic E-state index is 10.9. The number of carboxylic acid groups (broad SMARTS) is 1. The largest absolute Gasteiger partial charge is 0.478 e. The van der Waals surface area contributed by atoms with Gasteiger partial charge in [-0.1, -0.05) is 0 Å². The molecule has 0 aliphatic heterocycles. The maximum Gasteiger partial charge on any atom is 0.339 e. The molecule has 0 spiro atoms. The zero-order chi connectivity index (χ0) is 12.1. The molecule has 1 aliphatic rings. The van der Waals surface area contributed by atoms with E-state index in [0.29, 0.717) is 18.8 Å². The summed E-state index contributed by atoms with van der Waals surface area (Å²) in [5.74, 6) is -0.218. The molecule has 0 saturated heterocycles. The van der Waals surface area contributed by atoms with Crippen LogP contribution in [0.3, 0.4) is 0 Å². The lowest BCUT2D eigenvalue weighted by molar-refractivity contribution is 0.0697. The van der Waals surface area contributed by atoms with Gasteiger partial charge in [0.15, 0.2) is 0 Å². The smallest absolute Gasteiger partial charge is 0.339 e. The van der Waals surface area contributed by atoms with E-state index in [1.165, 1.54) is 19.0 Å². The van der Waals surface area contributed by atoms with E-state index in [-0.39, 0.29) is 5.56 Å². The number of rotatable bonds is 7. The van der Waals surface area contributed by atoms with E-state index in [2.05, 4.69) is 10.3 Å². The Morgan fingerprint density at radius 2 is 2.41 bits per heavy atom. The normalized spacial score (nSPS) is 14.6. The van der Waals surface area contributed by atoms with Gasteiger partial charge in [0.1, 0.15) is 5.56 Å². The van der Waals surface area contributed by atoms with Crippen molar-refractivity contribution < 1.29 is 14.6 Å². The van der Waals surface area contributed by atoms with Crippen LogP contribution in [-0.4, -0.2) is 35.8 Å². The highest BCUT2D eigenvalue weighted by Crippen LogP contribution is 2.28. The summed E-state index contributed by atoms with van der Waals surface area (Å²) in [4.78, 5) is 14.7. The summed E-state index contributed by atoms with van der Waals surface area (Å²) >= 11 is 0. The summed E-state index contributed by atoms with van der Waals surface area (Å²) in [5.41, 5.74) is 0.775. The van der Waals surface area contributed by atoms with Crippen LogP contribution in [0.5, 0.6) is 0 Å². The molecule has 0 bridgehead atoms. The summed E-state index contributed by atoms with van der Waals surface area (Å²) in [6, 6.07) is 1.66. The van der Waals surface area contributed by atoms with Crippen molar-refractivity contribution in [3.63, 3.8) is 0 Å². The highest BCUT2D eigenvalue weighted by Gasteiger charge is 2.20. The molecule has 0 amide bonds. The number of pyridine rings is 1. The average molecular weight is 236 g/mol. The third-order valence-electron chi connectivity index (χ3n) is 2.66. The van der Waals surface area contributed by atoms with Gasteiger partial charge in [-0.3, -0.25) is 4.98 Å². The van der Waals surface area contributed by atoms with Crippen molar-refractivity contribution in [2.75, 3.05) is 25.1 Å². The van der Waals surface area contributed by atoms with Crippen molar-refractivity contribution >= 4 is 11.7 Å². The van der Waals surface area contributed by atoms with Crippen LogP contribution in [0.1, 0.15) is 23.2 Å². The molecule has 0 unspecified atom stereocenters. The van der Waals surface area contributed by atoms with E-state index in [1.54, 1.807) is 12.3 Å². The molecular weight excluding hydrogens is 220 g/mol. The second-order valence-electron chi connectivity index (χ2n) is 4.17. The number of hydrogen-bond acceptors (Lipinski definition) is 4. The van der Waals surface area contributed by atoms with Gasteiger partial charge in [-0.25, -0.2) is 4.79 Å². The topological polar surface area (TPSA) is 71.5 Å². The van der Waals surface area contributed by atoms with E-state index in [9.17, 15) is 4.79 Å². The predicted molar refractivity (Wildman–Crippen MR) is 63.2 cm³/mol. The van der Waals surface area contributed by atoms with Crippen LogP contribution in [0.2, 0.25) is 0 Å². The predicted octanol–water partition coefficient (Wildman–Crippen LogP) is 1.62. The Bertz CT molecular complexity index is 391. The van der Waals surface area contributed by atoms with Crippen molar-refractivity contribution in [3.05, 3.63) is 24.0 Å². The third-order valence-corrected chi connectivity index (χ3v) is 2.66. The van der Waals surface area contributed by atoms with Gasteiger partial charge < -0.3 is 15.2 Å². The maximum absolute atomic E-state index is 10.9. The lowest BCUT2D eigenvalue weighted by Gasteiger charge is -2.09. The fourth-order valence-corrected chi connectivity index (χ4v) is 1.51. The Kier molecular flexibility index (Phi) is 3.93. The minimum absolute atomic E-state index is 0.190. The number of aromatic carboxylic acids is 1. The molecule has 1 heterocycles. The minimum Gasteiger partial charge on any atom is -0.478 e. The standard InChI is InChI=1S/C12H16N2O3/c15-12(16)10-7-13-4-3-11(10)14-5-6-17-8-9-1-2-9/h3-4,7,9H,1-2,5-6,8H2,(H,13,14)(H,15,16). The Hall–Kier alpha value is -1.62. The number of carbonyl (C=O) groups is 1. The molecule has 1 fully saturated rings. The molecule has 1 saturated carbocycles. The number of anilines is 1. The summed E-state index contributed by atoms with van der Waals surface area (Å²) in [7, 11) is 0. The van der Waals surface area contributed by atoms with Crippen LogP contribution in [0.25, 0.3) is 0 Å². The third kappa shape index (κ3) is 3.71. The molecule has 5 heteroatoms. The number of aromatic nitrogens is 1. The molecule has 2 N–H and O–H groups in total. The van der Waals surface area contributed by atoms with Gasteiger partial charge in [0.2, 0.25) is 0 Å². The van der Waals surface area contributed by atoms with Crippen LogP contribution in [-0.2, 0) is 4.74 Å². The second kappa shape index (κ2) is 5.63. The first kappa shape index (κ1) is 11.9. The highest BCUT2D eigenvalue weighted by molar-refractivity contribution is 5.93. The Morgan fingerprint density at radius 3 is 3.12 bits per heavy atom. The van der Waals surface area contributed by atoms with Gasteiger partial charge in [-0.15, -0.1) is 0 Å². The Balaban J connectivity index is 1.75. The molecule has 5 nitrogen and oxygen atoms in total. The van der Waals surface area contributed by atoms with E-state index in [0.717, 1.165) is 12.5 Å². The number of carboxylic acids is 1. The molecule has 1 aliphatic carbocycles. The summed E-state index contributed by atoms with van der Waals surface area (Å²) in [6.45, 7) is 2.03. The van der Waals surface area contributed by atoms with Gasteiger partial charge in [-0.05, 0) is 24.8 Å². The van der Waals surface area contributed by atoms with Crippen molar-refractivity contribution in [1.29, 1.82) is 0 Å². The Labute approximate surface area is 99.8 Å². The molecule has 2 rings (SSSR count). The molecule has 17 heavy (non-hydrogen) atoms. The van der Waals surface area contributed by atoms with E-state index < -0.39 is 5.97 Å². The quantitative estimate of drug-likeness (QED) is 0.704. The van der Waals surface area contributed by atoms with Crippen LogP contribution in [0.15, 0.2) is 18.5 Å². The lowest BCUT2D eigenvalue weighted by Crippen LogP contribution is -2.13. The number of hydrogen-bond donors (Lipinski definition) is 2. The zero-order valence-electron chi connectivity index (χ0n) is 9.56. The van der Waals surface area contributed by atoms with Crippen LogP contribution in [0, 0.1) is 5.92 Å². The van der Waals surface area contributed by atoms with Gasteiger partial charge in [0.25, 0.3) is 0 Å². The Morgan fingerprint density at radius 1 is 1.59 bits per heavy atom. The molecule has 92 valence electrons. The summed E-state index contributed by atoms with van der Waals surface area (Å²) in [6.07, 6.45) is 5.47. The van der Waals surface area contributed by atoms with Crippen molar-refractivity contribution in [2.24, 2.45) is 5.92 Å². The molecule has 0 atom stereocenters. The summed E-state index contributed by atoms with van der Waals surface area (Å²) in [5, 5.41) is 12.0. The van der Waals surface area contributed by atoms with Crippen molar-refractivity contribution in [1.82, 2.24) is 4.98 Å². The van der Waals surface area contributed by atoms with Crippen LogP contribution in [0.4, 0.5) is 5.69 Å². The van der Waals surface area contributed by atoms with Gasteiger partial charge in [0, 0.05) is 25.5 Å². The first-order chi connectivity index (χ1) is 8.27. The van der Waals surface area contributed by atoms with Crippen LogP contribution < -0.4 is 5.32 Å². The van der Waals surface area contributed by atoms with E-state index in [4.69, 9.17) is 9.84 Å². The minimum atomic E-state index is -0.973. The zero-order valence-corrected chi connectivity index (χ0v) is 9.56. The molecular formula is C12H16N2O3. The summed E-state index contributed by atoms with van der Waals surface area (Å²) < 4.78 is 5.45.